The van der Waals surface area contributed by atoms with E-state index in [9.17, 15) is 4.79 Å². The molecule has 4 rings (SSSR count). The summed E-state index contributed by atoms with van der Waals surface area (Å²) in [6.07, 6.45) is 0. The van der Waals surface area contributed by atoms with Gasteiger partial charge in [0.1, 0.15) is 5.82 Å². The number of rotatable bonds is 3. The van der Waals surface area contributed by atoms with E-state index in [4.69, 9.17) is 11.6 Å². The van der Waals surface area contributed by atoms with Crippen molar-refractivity contribution in [2.75, 3.05) is 10.6 Å². The van der Waals surface area contributed by atoms with Gasteiger partial charge in [-0.3, -0.25) is 0 Å². The SMILES string of the molecule is O=C(Nc1ccc(Cl)cc1)Nc1ccccc1-c1nc2ccccc2[nH]1. The topological polar surface area (TPSA) is 69.8 Å². The van der Waals surface area contributed by atoms with Crippen molar-refractivity contribution in [1.82, 2.24) is 9.97 Å². The van der Waals surface area contributed by atoms with Crippen LogP contribution in [0.1, 0.15) is 0 Å². The van der Waals surface area contributed by atoms with Crippen LogP contribution in [0.15, 0.2) is 72.8 Å². The second-order valence-corrected chi connectivity index (χ2v) is 6.17. The average Bonchev–Trinajstić information content (AvgIpc) is 3.08. The van der Waals surface area contributed by atoms with Crippen LogP contribution in [0.2, 0.25) is 5.02 Å². The van der Waals surface area contributed by atoms with Gasteiger partial charge in [0.2, 0.25) is 0 Å². The molecule has 0 spiro atoms. The molecule has 5 nitrogen and oxygen atoms in total. The predicted octanol–water partition coefficient (Wildman–Crippen LogP) is 5.53. The number of aromatic amines is 1. The highest BCUT2D eigenvalue weighted by molar-refractivity contribution is 6.30. The van der Waals surface area contributed by atoms with Crippen LogP contribution in [0, 0.1) is 0 Å². The Bertz CT molecular complexity index is 1040. The Kier molecular flexibility index (Phi) is 4.29. The number of benzene rings is 3. The van der Waals surface area contributed by atoms with E-state index < -0.39 is 0 Å². The van der Waals surface area contributed by atoms with E-state index in [2.05, 4.69) is 20.6 Å². The number of hydrogen-bond acceptors (Lipinski definition) is 2. The maximum Gasteiger partial charge on any atom is 0.323 e. The van der Waals surface area contributed by atoms with E-state index in [-0.39, 0.29) is 6.03 Å². The molecule has 0 saturated carbocycles. The summed E-state index contributed by atoms with van der Waals surface area (Å²) in [7, 11) is 0. The minimum Gasteiger partial charge on any atom is -0.338 e. The van der Waals surface area contributed by atoms with E-state index in [1.807, 2.05) is 48.5 Å². The second-order valence-electron chi connectivity index (χ2n) is 5.73. The van der Waals surface area contributed by atoms with Crippen LogP contribution >= 0.6 is 11.6 Å². The number of nitrogens with zero attached hydrogens (tertiary/aromatic N) is 1. The number of fused-ring (bicyclic) bond motifs is 1. The Morgan fingerprint density at radius 3 is 2.42 bits per heavy atom. The number of anilines is 2. The summed E-state index contributed by atoms with van der Waals surface area (Å²) in [5, 5.41) is 6.27. The summed E-state index contributed by atoms with van der Waals surface area (Å²) >= 11 is 5.86. The zero-order valence-corrected chi connectivity index (χ0v) is 14.4. The minimum atomic E-state index is -0.337. The molecule has 0 unspecified atom stereocenters. The molecular formula is C20H15ClN4O. The zero-order chi connectivity index (χ0) is 17.9. The monoisotopic (exact) mass is 362 g/mol. The molecule has 0 atom stereocenters. The van der Waals surface area contributed by atoms with Crippen LogP contribution in [-0.2, 0) is 0 Å². The number of urea groups is 1. The average molecular weight is 363 g/mol. The Balaban J connectivity index is 1.59. The number of imidazole rings is 1. The number of aromatic nitrogens is 2. The van der Waals surface area contributed by atoms with Gasteiger partial charge in [0.15, 0.2) is 0 Å². The van der Waals surface area contributed by atoms with Gasteiger partial charge < -0.3 is 15.6 Å². The van der Waals surface area contributed by atoms with Gasteiger partial charge in [-0.2, -0.15) is 0 Å². The van der Waals surface area contributed by atoms with Crippen molar-refractivity contribution in [3.63, 3.8) is 0 Å². The van der Waals surface area contributed by atoms with Crippen molar-refractivity contribution in [2.24, 2.45) is 0 Å². The molecule has 0 radical (unpaired) electrons. The van der Waals surface area contributed by atoms with Crippen molar-refractivity contribution in [3.05, 3.63) is 77.8 Å². The summed E-state index contributed by atoms with van der Waals surface area (Å²) in [6, 6.07) is 21.9. The third kappa shape index (κ3) is 3.38. The van der Waals surface area contributed by atoms with Crippen LogP contribution < -0.4 is 10.6 Å². The Hall–Kier alpha value is -3.31. The maximum atomic E-state index is 12.3. The lowest BCUT2D eigenvalue weighted by molar-refractivity contribution is 0.262. The van der Waals surface area contributed by atoms with Gasteiger partial charge in [-0.15, -0.1) is 0 Å². The van der Waals surface area contributed by atoms with E-state index in [0.717, 1.165) is 16.6 Å². The van der Waals surface area contributed by atoms with Gasteiger partial charge in [-0.25, -0.2) is 9.78 Å². The summed E-state index contributed by atoms with van der Waals surface area (Å²) in [5.41, 5.74) is 3.96. The number of H-pyrrole nitrogens is 1. The van der Waals surface area contributed by atoms with Crippen molar-refractivity contribution >= 4 is 40.0 Å². The molecule has 4 aromatic rings. The zero-order valence-electron chi connectivity index (χ0n) is 13.7. The number of carbonyl (C=O) groups is 1. The summed E-state index contributed by atoms with van der Waals surface area (Å²) in [5.74, 6) is 0.702. The van der Waals surface area contributed by atoms with Gasteiger partial charge >= 0.3 is 6.03 Å². The maximum absolute atomic E-state index is 12.3. The summed E-state index contributed by atoms with van der Waals surface area (Å²) in [6.45, 7) is 0. The molecule has 1 aromatic heterocycles. The lowest BCUT2D eigenvalue weighted by atomic mass is 10.1. The molecule has 2 amide bonds. The van der Waals surface area contributed by atoms with Crippen molar-refractivity contribution in [3.8, 4) is 11.4 Å². The standard InChI is InChI=1S/C20H15ClN4O/c21-13-9-11-14(12-10-13)22-20(26)25-16-6-2-1-5-15(16)19-23-17-7-3-4-8-18(17)24-19/h1-12H,(H,23,24)(H2,22,25,26). The first kappa shape index (κ1) is 16.2. The molecule has 0 fully saturated rings. The molecule has 0 aliphatic carbocycles. The van der Waals surface area contributed by atoms with Crippen molar-refractivity contribution in [1.29, 1.82) is 0 Å². The highest BCUT2D eigenvalue weighted by Crippen LogP contribution is 2.27. The number of hydrogen-bond donors (Lipinski definition) is 3. The van der Waals surface area contributed by atoms with Gasteiger partial charge in [0.05, 0.1) is 16.7 Å². The van der Waals surface area contributed by atoms with Crippen molar-refractivity contribution < 1.29 is 4.79 Å². The Morgan fingerprint density at radius 1 is 0.885 bits per heavy atom. The molecule has 26 heavy (non-hydrogen) atoms. The third-order valence-electron chi connectivity index (χ3n) is 3.92. The smallest absolute Gasteiger partial charge is 0.323 e. The molecule has 0 aliphatic heterocycles. The number of halogens is 1. The number of para-hydroxylation sites is 3. The molecule has 128 valence electrons. The molecular weight excluding hydrogens is 348 g/mol. The van der Waals surface area contributed by atoms with Gasteiger partial charge in [-0.05, 0) is 48.5 Å². The van der Waals surface area contributed by atoms with E-state index in [1.54, 1.807) is 24.3 Å². The lowest BCUT2D eigenvalue weighted by Gasteiger charge is -2.11. The fourth-order valence-electron chi connectivity index (χ4n) is 2.70. The van der Waals surface area contributed by atoms with Crippen LogP contribution in [0.5, 0.6) is 0 Å². The Labute approximate surface area is 155 Å². The highest BCUT2D eigenvalue weighted by Gasteiger charge is 2.11. The van der Waals surface area contributed by atoms with E-state index in [1.165, 1.54) is 0 Å². The largest absolute Gasteiger partial charge is 0.338 e. The van der Waals surface area contributed by atoms with Gasteiger partial charge in [0, 0.05) is 16.3 Å². The Morgan fingerprint density at radius 2 is 1.62 bits per heavy atom. The van der Waals surface area contributed by atoms with Crippen LogP contribution in [0.4, 0.5) is 16.2 Å². The molecule has 0 saturated heterocycles. The number of amides is 2. The van der Waals surface area contributed by atoms with Crippen LogP contribution in [0.3, 0.4) is 0 Å². The quantitative estimate of drug-likeness (QED) is 0.448. The first-order chi connectivity index (χ1) is 12.7. The fraction of sp³-hybridized carbons (Fsp3) is 0. The third-order valence-corrected chi connectivity index (χ3v) is 4.17. The molecule has 0 aliphatic rings. The number of nitrogens with one attached hydrogen (secondary N) is 3. The minimum absolute atomic E-state index is 0.337. The van der Waals surface area contributed by atoms with E-state index in [0.29, 0.717) is 22.2 Å². The highest BCUT2D eigenvalue weighted by atomic mass is 35.5. The molecule has 3 N–H and O–H groups in total. The first-order valence-electron chi connectivity index (χ1n) is 8.07. The normalized spacial score (nSPS) is 10.7. The predicted molar refractivity (Wildman–Crippen MR) is 106 cm³/mol. The molecule has 0 bridgehead atoms. The van der Waals surface area contributed by atoms with Crippen LogP contribution in [-0.4, -0.2) is 16.0 Å². The molecule has 1 heterocycles. The van der Waals surface area contributed by atoms with Gasteiger partial charge in [0.25, 0.3) is 0 Å². The summed E-state index contributed by atoms with van der Waals surface area (Å²) < 4.78 is 0. The number of carbonyl (C=O) groups excluding carboxylic acids is 1. The van der Waals surface area contributed by atoms with E-state index >= 15 is 0 Å². The lowest BCUT2D eigenvalue weighted by Crippen LogP contribution is -2.19. The summed E-state index contributed by atoms with van der Waals surface area (Å²) in [4.78, 5) is 20.2. The fourth-order valence-corrected chi connectivity index (χ4v) is 2.82. The molecule has 6 heteroatoms. The second kappa shape index (κ2) is 6.90. The first-order valence-corrected chi connectivity index (χ1v) is 8.44. The van der Waals surface area contributed by atoms with Crippen molar-refractivity contribution in [2.45, 2.75) is 0 Å². The molecule has 3 aromatic carbocycles. The van der Waals surface area contributed by atoms with Crippen LogP contribution in [0.25, 0.3) is 22.4 Å². The van der Waals surface area contributed by atoms with Gasteiger partial charge in [-0.1, -0.05) is 35.9 Å².